The lowest BCUT2D eigenvalue weighted by Gasteiger charge is -2.72. The molecule has 43 heavy (non-hydrogen) atoms. The average Bonchev–Trinajstić information content (AvgIpc) is 3.37. The number of nitrogens with zero attached hydrogens (tertiary/aromatic N) is 1. The van der Waals surface area contributed by atoms with Crippen molar-refractivity contribution in [1.82, 2.24) is 4.90 Å². The minimum atomic E-state index is -1.81. The molecule has 1 aromatic carbocycles. The molecule has 0 radical (unpaired) electrons. The molecule has 7 rings (SSSR count). The number of fused-ring (bicyclic) bond motifs is 2. The maximum absolute atomic E-state index is 13.4. The van der Waals surface area contributed by atoms with Gasteiger partial charge in [0.1, 0.15) is 11.2 Å². The van der Waals surface area contributed by atoms with Crippen molar-refractivity contribution in [1.29, 1.82) is 0 Å². The normalized spacial score (nSPS) is 51.0. The summed E-state index contributed by atoms with van der Waals surface area (Å²) in [7, 11) is 6.42. The number of piperidine rings is 1. The van der Waals surface area contributed by atoms with Gasteiger partial charge in [-0.15, -0.1) is 0 Å². The number of anilines is 1. The van der Waals surface area contributed by atoms with Gasteiger partial charge in [-0.2, -0.15) is 0 Å². The summed E-state index contributed by atoms with van der Waals surface area (Å²) >= 11 is 0. The first-order valence-electron chi connectivity index (χ1n) is 15.5. The molecule has 11 nitrogen and oxygen atoms in total. The fourth-order valence-corrected chi connectivity index (χ4v) is 12.0. The Morgan fingerprint density at radius 2 is 1.74 bits per heavy atom. The average molecular weight is 603 g/mol. The van der Waals surface area contributed by atoms with Gasteiger partial charge in [-0.25, -0.2) is 4.79 Å². The van der Waals surface area contributed by atoms with Crippen molar-refractivity contribution in [2.75, 3.05) is 53.9 Å². The third kappa shape index (κ3) is 3.16. The van der Waals surface area contributed by atoms with Crippen molar-refractivity contribution in [3.8, 4) is 0 Å². The quantitative estimate of drug-likeness (QED) is 0.247. The molecule has 11 heteroatoms. The Morgan fingerprint density at radius 3 is 2.37 bits per heavy atom. The molecule has 0 amide bonds. The van der Waals surface area contributed by atoms with Gasteiger partial charge in [-0.05, 0) is 37.9 Å². The van der Waals surface area contributed by atoms with Gasteiger partial charge in [-0.1, -0.05) is 19.1 Å². The first kappa shape index (κ1) is 29.9. The second kappa shape index (κ2) is 9.59. The zero-order valence-corrected chi connectivity index (χ0v) is 25.7. The van der Waals surface area contributed by atoms with Crippen LogP contribution in [0.1, 0.15) is 43.0 Å². The van der Waals surface area contributed by atoms with Crippen molar-refractivity contribution in [2.45, 2.75) is 79.9 Å². The number of rotatable bonds is 8. The van der Waals surface area contributed by atoms with E-state index in [1.54, 1.807) is 52.7 Å². The van der Waals surface area contributed by atoms with E-state index in [0.29, 0.717) is 43.6 Å². The van der Waals surface area contributed by atoms with E-state index in [4.69, 9.17) is 29.4 Å². The van der Waals surface area contributed by atoms with Gasteiger partial charge >= 0.3 is 5.97 Å². The zero-order chi connectivity index (χ0) is 30.7. The highest BCUT2D eigenvalue weighted by molar-refractivity contribution is 5.95. The van der Waals surface area contributed by atoms with Crippen LogP contribution in [-0.4, -0.2) is 122 Å². The number of hydrogen-bond acceptors (Lipinski definition) is 11. The van der Waals surface area contributed by atoms with Crippen molar-refractivity contribution in [2.24, 2.45) is 28.6 Å². The molecule has 5 aliphatic carbocycles. The summed E-state index contributed by atoms with van der Waals surface area (Å²) in [5.74, 6) is -2.01. The van der Waals surface area contributed by atoms with Crippen LogP contribution in [0.5, 0.6) is 0 Å². The SMILES string of the molecule is CCN1CC2(COC(=O)c3ccccc3N)CCC(OC)C34C2C(OC)C(O)(C13)C1(O)CC(OC)C2CC4(O)C1C2OC. The van der Waals surface area contributed by atoms with E-state index < -0.39 is 75.9 Å². The van der Waals surface area contributed by atoms with Crippen molar-refractivity contribution < 1.29 is 43.8 Å². The van der Waals surface area contributed by atoms with Crippen LogP contribution in [0.15, 0.2) is 24.3 Å². The Balaban J connectivity index is 1.44. The van der Waals surface area contributed by atoms with Crippen LogP contribution < -0.4 is 5.73 Å². The summed E-state index contributed by atoms with van der Waals surface area (Å²) in [4.78, 5) is 15.6. The van der Waals surface area contributed by atoms with Crippen LogP contribution in [0.25, 0.3) is 0 Å². The maximum atomic E-state index is 13.4. The molecule has 1 saturated heterocycles. The topological polar surface area (TPSA) is 153 Å². The molecule has 7 bridgehead atoms. The molecule has 0 aromatic heterocycles. The lowest BCUT2D eigenvalue weighted by molar-refractivity contribution is -0.357. The smallest absolute Gasteiger partial charge is 0.340 e. The summed E-state index contributed by atoms with van der Waals surface area (Å²) in [5, 5.41) is 39.8. The third-order valence-corrected chi connectivity index (χ3v) is 13.1. The number of nitrogen functional groups attached to an aromatic ring is 1. The largest absolute Gasteiger partial charge is 0.461 e. The number of methoxy groups -OCH3 is 4. The Bertz CT molecular complexity index is 1300. The second-order valence-corrected chi connectivity index (χ2v) is 14.0. The molecular weight excluding hydrogens is 556 g/mol. The molecule has 1 spiro atoms. The van der Waals surface area contributed by atoms with Crippen LogP contribution >= 0.6 is 0 Å². The highest BCUT2D eigenvalue weighted by Crippen LogP contribution is 2.81. The predicted molar refractivity (Wildman–Crippen MR) is 154 cm³/mol. The number of likely N-dealkylation sites (tertiary alicyclic amines) is 1. The number of ether oxygens (including phenoxy) is 5. The Labute approximate surface area is 252 Å². The van der Waals surface area contributed by atoms with Crippen LogP contribution in [0, 0.1) is 28.6 Å². The van der Waals surface area contributed by atoms with Gasteiger partial charge in [0.2, 0.25) is 0 Å². The number of likely N-dealkylation sites (N-methyl/N-ethyl adjacent to an activating group) is 1. The van der Waals surface area contributed by atoms with E-state index >= 15 is 0 Å². The molecule has 6 aliphatic rings. The first-order chi connectivity index (χ1) is 20.5. The van der Waals surface area contributed by atoms with Crippen LogP contribution in [0.3, 0.4) is 0 Å². The fourth-order valence-electron chi connectivity index (χ4n) is 12.0. The van der Waals surface area contributed by atoms with Crippen molar-refractivity contribution in [3.63, 3.8) is 0 Å². The van der Waals surface area contributed by atoms with Gasteiger partial charge in [-0.3, -0.25) is 4.90 Å². The lowest BCUT2D eigenvalue weighted by atomic mass is 9.41. The van der Waals surface area contributed by atoms with Crippen LogP contribution in [0.2, 0.25) is 0 Å². The first-order valence-corrected chi connectivity index (χ1v) is 15.5. The molecule has 13 unspecified atom stereocenters. The molecule has 5 N–H and O–H groups in total. The minimum Gasteiger partial charge on any atom is -0.461 e. The summed E-state index contributed by atoms with van der Waals surface area (Å²) in [6, 6.07) is 6.14. The molecule has 1 heterocycles. The van der Waals surface area contributed by atoms with E-state index in [1.165, 1.54) is 0 Å². The van der Waals surface area contributed by atoms with Gasteiger partial charge in [0.25, 0.3) is 0 Å². The fraction of sp³-hybridized carbons (Fsp3) is 0.781. The lowest BCUT2D eigenvalue weighted by Crippen LogP contribution is -2.86. The Hall–Kier alpha value is -1.83. The molecule has 1 aromatic rings. The van der Waals surface area contributed by atoms with Gasteiger partial charge < -0.3 is 44.7 Å². The Morgan fingerprint density at radius 1 is 1.00 bits per heavy atom. The molecule has 1 aliphatic heterocycles. The number of carbonyl (C=O) groups excluding carboxylic acids is 1. The zero-order valence-electron chi connectivity index (χ0n) is 25.7. The van der Waals surface area contributed by atoms with E-state index in [2.05, 4.69) is 4.90 Å². The molecule has 238 valence electrons. The van der Waals surface area contributed by atoms with E-state index in [1.807, 2.05) is 6.92 Å². The predicted octanol–water partition coefficient (Wildman–Crippen LogP) is 0.833. The number of para-hydroxylation sites is 1. The monoisotopic (exact) mass is 602 g/mol. The second-order valence-electron chi connectivity index (χ2n) is 14.0. The van der Waals surface area contributed by atoms with Gasteiger partial charge in [0.15, 0.2) is 0 Å². The van der Waals surface area contributed by atoms with Crippen molar-refractivity contribution in [3.05, 3.63) is 29.8 Å². The molecule has 5 saturated carbocycles. The maximum Gasteiger partial charge on any atom is 0.340 e. The highest BCUT2D eigenvalue weighted by atomic mass is 16.5. The number of carbonyl (C=O) groups is 1. The van der Waals surface area contributed by atoms with E-state index in [0.717, 1.165) is 0 Å². The number of aliphatic hydroxyl groups is 3. The third-order valence-electron chi connectivity index (χ3n) is 13.1. The van der Waals surface area contributed by atoms with E-state index in [-0.39, 0.29) is 18.9 Å². The number of nitrogens with two attached hydrogens (primary N) is 1. The number of esters is 1. The highest BCUT2D eigenvalue weighted by Gasteiger charge is 2.95. The van der Waals surface area contributed by atoms with Crippen molar-refractivity contribution >= 4 is 11.7 Å². The standard InChI is InChI=1S/C32H46N2O9/c1-6-34-15-28(16-43-26(35)17-9-7-8-10-19(17)33)12-11-21(40-3)31-24(28)25(42-5)32(38,27(31)34)30(37)14-20(39-2)18-13-29(31,36)23(30)22(18)41-4/h7-10,18,20-25,27,36-38H,6,11-16,33H2,1-5H3. The summed E-state index contributed by atoms with van der Waals surface area (Å²) in [5.41, 5.74) is -0.125. The molecule has 6 fully saturated rings. The van der Waals surface area contributed by atoms with Gasteiger partial charge in [0, 0.05) is 70.3 Å². The summed E-state index contributed by atoms with van der Waals surface area (Å²) in [6.07, 6.45) is -0.655. The van der Waals surface area contributed by atoms with Crippen LogP contribution in [0.4, 0.5) is 5.69 Å². The summed E-state index contributed by atoms with van der Waals surface area (Å²) in [6.45, 7) is 3.10. The van der Waals surface area contributed by atoms with Gasteiger partial charge in [0.05, 0.1) is 53.6 Å². The number of benzene rings is 1. The Kier molecular flexibility index (Phi) is 6.66. The molecule has 13 atom stereocenters. The van der Waals surface area contributed by atoms with E-state index in [9.17, 15) is 20.1 Å². The molecular formula is C32H46N2O9. The van der Waals surface area contributed by atoms with Crippen LogP contribution in [-0.2, 0) is 23.7 Å². The minimum absolute atomic E-state index is 0.0409. The number of hydrogen-bond donors (Lipinski definition) is 4. The summed E-state index contributed by atoms with van der Waals surface area (Å²) < 4.78 is 30.7.